The van der Waals surface area contributed by atoms with Crippen molar-refractivity contribution in [3.05, 3.63) is 58.6 Å². The molecule has 0 atom stereocenters. The Hall–Kier alpha value is -1.86. The van der Waals surface area contributed by atoms with Gasteiger partial charge in [-0.1, -0.05) is 28.1 Å². The summed E-state index contributed by atoms with van der Waals surface area (Å²) in [6.07, 6.45) is 0. The number of halogens is 1. The normalized spacial score (nSPS) is 11.0. The van der Waals surface area contributed by atoms with Crippen LogP contribution in [0.4, 0.5) is 5.69 Å². The van der Waals surface area contributed by atoms with E-state index in [1.165, 1.54) is 25.2 Å². The molecule has 7 heteroatoms. The number of benzene rings is 2. The second kappa shape index (κ2) is 6.28. The second-order valence-corrected chi connectivity index (χ2v) is 6.82. The minimum Gasteiger partial charge on any atom is -0.355 e. The zero-order valence-electron chi connectivity index (χ0n) is 11.1. The Morgan fingerprint density at radius 3 is 2.48 bits per heavy atom. The van der Waals surface area contributed by atoms with Gasteiger partial charge in [0.1, 0.15) is 0 Å². The van der Waals surface area contributed by atoms with Gasteiger partial charge in [-0.05, 0) is 36.4 Å². The molecule has 0 aliphatic rings. The van der Waals surface area contributed by atoms with Crippen LogP contribution < -0.4 is 10.0 Å². The lowest BCUT2D eigenvalue weighted by Gasteiger charge is -2.09. The number of anilines is 1. The second-order valence-electron chi connectivity index (χ2n) is 4.22. The van der Waals surface area contributed by atoms with Gasteiger partial charge < -0.3 is 5.32 Å². The van der Waals surface area contributed by atoms with Crippen LogP contribution in [0.3, 0.4) is 0 Å². The van der Waals surface area contributed by atoms with E-state index in [2.05, 4.69) is 26.0 Å². The fourth-order valence-electron chi connectivity index (χ4n) is 1.72. The van der Waals surface area contributed by atoms with Crippen molar-refractivity contribution in [1.29, 1.82) is 0 Å². The highest BCUT2D eigenvalue weighted by Gasteiger charge is 2.15. The topological polar surface area (TPSA) is 75.3 Å². The molecule has 2 N–H and O–H groups in total. The number of hydrogen-bond acceptors (Lipinski definition) is 3. The molecule has 21 heavy (non-hydrogen) atoms. The minimum absolute atomic E-state index is 0.141. The summed E-state index contributed by atoms with van der Waals surface area (Å²) in [7, 11) is -2.18. The molecule has 0 spiro atoms. The van der Waals surface area contributed by atoms with Crippen molar-refractivity contribution in [1.82, 2.24) is 5.32 Å². The van der Waals surface area contributed by atoms with E-state index in [9.17, 15) is 13.2 Å². The van der Waals surface area contributed by atoms with Crippen molar-refractivity contribution in [3.63, 3.8) is 0 Å². The molecule has 0 aliphatic heterocycles. The molecular weight excluding hydrogens is 356 g/mol. The van der Waals surface area contributed by atoms with Crippen LogP contribution in [0.2, 0.25) is 0 Å². The first-order chi connectivity index (χ1) is 9.92. The third kappa shape index (κ3) is 3.83. The summed E-state index contributed by atoms with van der Waals surface area (Å²) in [6.45, 7) is 0. The van der Waals surface area contributed by atoms with Gasteiger partial charge in [-0.25, -0.2) is 8.42 Å². The lowest BCUT2D eigenvalue weighted by atomic mass is 10.2. The lowest BCUT2D eigenvalue weighted by molar-refractivity contribution is 0.0963. The van der Waals surface area contributed by atoms with E-state index in [4.69, 9.17) is 0 Å². The molecule has 0 fully saturated rings. The van der Waals surface area contributed by atoms with Crippen molar-refractivity contribution in [2.24, 2.45) is 0 Å². The number of rotatable bonds is 4. The Morgan fingerprint density at radius 1 is 1.10 bits per heavy atom. The summed E-state index contributed by atoms with van der Waals surface area (Å²) in [5.74, 6) is -0.279. The molecule has 0 heterocycles. The van der Waals surface area contributed by atoms with Gasteiger partial charge in [0, 0.05) is 22.8 Å². The Kier molecular flexibility index (Phi) is 4.64. The Morgan fingerprint density at radius 2 is 1.81 bits per heavy atom. The van der Waals surface area contributed by atoms with E-state index in [1.54, 1.807) is 30.3 Å². The van der Waals surface area contributed by atoms with Crippen molar-refractivity contribution in [2.75, 3.05) is 11.8 Å². The fourth-order valence-corrected chi connectivity index (χ4v) is 3.36. The Bertz CT molecular complexity index is 775. The molecule has 0 aliphatic carbocycles. The van der Waals surface area contributed by atoms with Gasteiger partial charge in [-0.15, -0.1) is 0 Å². The van der Waals surface area contributed by atoms with Gasteiger partial charge >= 0.3 is 0 Å². The molecule has 2 rings (SSSR count). The van der Waals surface area contributed by atoms with E-state index in [-0.39, 0.29) is 10.8 Å². The highest BCUT2D eigenvalue weighted by Crippen LogP contribution is 2.20. The molecule has 0 radical (unpaired) electrons. The highest BCUT2D eigenvalue weighted by molar-refractivity contribution is 9.10. The zero-order valence-corrected chi connectivity index (χ0v) is 13.5. The van der Waals surface area contributed by atoms with Crippen molar-refractivity contribution >= 4 is 37.5 Å². The van der Waals surface area contributed by atoms with Crippen molar-refractivity contribution < 1.29 is 13.2 Å². The number of hydrogen-bond donors (Lipinski definition) is 2. The smallest absolute Gasteiger partial charge is 0.261 e. The van der Waals surface area contributed by atoms with Gasteiger partial charge in [0.2, 0.25) is 0 Å². The van der Waals surface area contributed by atoms with Crippen molar-refractivity contribution in [2.45, 2.75) is 4.90 Å². The first kappa shape index (κ1) is 15.5. The predicted octanol–water partition coefficient (Wildman–Crippen LogP) is 2.61. The average molecular weight is 369 g/mol. The SMILES string of the molecule is CNC(=O)c1cccc(NS(=O)(=O)c2cccc(Br)c2)c1. The monoisotopic (exact) mass is 368 g/mol. The summed E-state index contributed by atoms with van der Waals surface area (Å²) in [5.41, 5.74) is 0.711. The van der Waals surface area contributed by atoms with Crippen molar-refractivity contribution in [3.8, 4) is 0 Å². The first-order valence-electron chi connectivity index (χ1n) is 6.03. The Labute approximate surface area is 131 Å². The number of amides is 1. The van der Waals surface area contributed by atoms with Gasteiger partial charge in [-0.3, -0.25) is 9.52 Å². The molecule has 0 bridgehead atoms. The zero-order chi connectivity index (χ0) is 15.5. The maximum Gasteiger partial charge on any atom is 0.261 e. The van der Waals surface area contributed by atoms with E-state index in [0.717, 1.165) is 0 Å². The number of nitrogens with one attached hydrogen (secondary N) is 2. The summed E-state index contributed by atoms with van der Waals surface area (Å²) in [6, 6.07) is 12.7. The van der Waals surface area contributed by atoms with E-state index < -0.39 is 10.0 Å². The van der Waals surface area contributed by atoms with Crippen LogP contribution in [0.5, 0.6) is 0 Å². The number of carbonyl (C=O) groups excluding carboxylic acids is 1. The molecule has 110 valence electrons. The van der Waals surface area contributed by atoms with Crippen LogP contribution in [0.25, 0.3) is 0 Å². The van der Waals surface area contributed by atoms with Gasteiger partial charge in [0.25, 0.3) is 15.9 Å². The summed E-state index contributed by atoms with van der Waals surface area (Å²) < 4.78 is 27.7. The molecule has 5 nitrogen and oxygen atoms in total. The molecule has 1 amide bonds. The third-order valence-electron chi connectivity index (χ3n) is 2.71. The van der Waals surface area contributed by atoms with Crippen LogP contribution >= 0.6 is 15.9 Å². The number of carbonyl (C=O) groups is 1. The van der Waals surface area contributed by atoms with Crippen LogP contribution in [0.1, 0.15) is 10.4 Å². The maximum absolute atomic E-state index is 12.3. The van der Waals surface area contributed by atoms with Crippen LogP contribution in [0.15, 0.2) is 57.9 Å². The summed E-state index contributed by atoms with van der Waals surface area (Å²) >= 11 is 3.23. The average Bonchev–Trinajstić information content (AvgIpc) is 2.46. The van der Waals surface area contributed by atoms with Gasteiger partial charge in [0.15, 0.2) is 0 Å². The quantitative estimate of drug-likeness (QED) is 0.870. The standard InChI is InChI=1S/C14H13BrN2O3S/c1-16-14(18)10-4-2-6-12(8-10)17-21(19,20)13-7-3-5-11(15)9-13/h2-9,17H,1H3,(H,16,18). The lowest BCUT2D eigenvalue weighted by Crippen LogP contribution is -2.18. The van der Waals surface area contributed by atoms with Gasteiger partial charge in [0.05, 0.1) is 4.90 Å². The third-order valence-corrected chi connectivity index (χ3v) is 4.58. The molecule has 0 saturated carbocycles. The predicted molar refractivity (Wildman–Crippen MR) is 84.8 cm³/mol. The van der Waals surface area contributed by atoms with Crippen LogP contribution in [-0.2, 0) is 10.0 Å². The summed E-state index contributed by atoms with van der Waals surface area (Å²) in [4.78, 5) is 11.7. The molecule has 0 saturated heterocycles. The number of sulfonamides is 1. The largest absolute Gasteiger partial charge is 0.355 e. The maximum atomic E-state index is 12.3. The minimum atomic E-state index is -3.70. The molecule has 0 aromatic heterocycles. The first-order valence-corrected chi connectivity index (χ1v) is 8.30. The van der Waals surface area contributed by atoms with Crippen LogP contribution in [0, 0.1) is 0 Å². The molecule has 2 aromatic carbocycles. The molecule has 2 aromatic rings. The molecular formula is C14H13BrN2O3S. The van der Waals surface area contributed by atoms with E-state index in [1.807, 2.05) is 0 Å². The molecule has 0 unspecified atom stereocenters. The van der Waals surface area contributed by atoms with Crippen LogP contribution in [-0.4, -0.2) is 21.4 Å². The van der Waals surface area contributed by atoms with Gasteiger partial charge in [-0.2, -0.15) is 0 Å². The fraction of sp³-hybridized carbons (Fsp3) is 0.0714. The summed E-state index contributed by atoms with van der Waals surface area (Å²) in [5, 5.41) is 2.49. The van der Waals surface area contributed by atoms with E-state index in [0.29, 0.717) is 15.7 Å². The van der Waals surface area contributed by atoms with E-state index >= 15 is 0 Å². The Balaban J connectivity index is 2.31. The highest BCUT2D eigenvalue weighted by atomic mass is 79.9.